The van der Waals surface area contributed by atoms with Crippen molar-refractivity contribution in [3.05, 3.63) is 54.1 Å². The van der Waals surface area contributed by atoms with Gasteiger partial charge in [-0.05, 0) is 55.3 Å². The van der Waals surface area contributed by atoms with Crippen LogP contribution in [-0.4, -0.2) is 48.9 Å². The molecule has 0 unspecified atom stereocenters. The molecular weight excluding hydrogens is 534 g/mol. The van der Waals surface area contributed by atoms with Crippen LogP contribution >= 0.6 is 0 Å². The first-order valence-electron chi connectivity index (χ1n) is 14.4. The second-order valence-electron chi connectivity index (χ2n) is 10.6. The molecule has 6 rings (SSSR count). The SMILES string of the molecule is COC(=O)c1ccc2c(c1)nc(-c1cccc3nc(-c4cc(OC)c(OC)c(OC)c4)oc13)n2C1CCCCCCC1. The number of carbonyl (C=O) groups is 1. The van der Waals surface area contributed by atoms with Crippen LogP contribution in [-0.2, 0) is 4.74 Å². The Hall–Kier alpha value is -4.53. The lowest BCUT2D eigenvalue weighted by molar-refractivity contribution is 0.0601. The number of fused-ring (bicyclic) bond motifs is 2. The molecule has 218 valence electrons. The van der Waals surface area contributed by atoms with Gasteiger partial charge in [-0.2, -0.15) is 0 Å². The van der Waals surface area contributed by atoms with Gasteiger partial charge in [-0.15, -0.1) is 0 Å². The number of rotatable bonds is 7. The normalized spacial score (nSPS) is 14.5. The number of hydrogen-bond acceptors (Lipinski definition) is 8. The molecule has 1 aliphatic carbocycles. The number of benzene rings is 3. The smallest absolute Gasteiger partial charge is 0.337 e. The lowest BCUT2D eigenvalue weighted by Crippen LogP contribution is -2.12. The quantitative estimate of drug-likeness (QED) is 0.185. The highest BCUT2D eigenvalue weighted by Gasteiger charge is 2.25. The zero-order chi connectivity index (χ0) is 29.2. The van der Waals surface area contributed by atoms with Gasteiger partial charge in [0, 0.05) is 11.6 Å². The minimum Gasteiger partial charge on any atom is -0.493 e. The second kappa shape index (κ2) is 11.8. The average molecular weight is 570 g/mol. The number of carbonyl (C=O) groups excluding carboxylic acids is 1. The van der Waals surface area contributed by atoms with Crippen LogP contribution in [0.15, 0.2) is 52.9 Å². The van der Waals surface area contributed by atoms with Crippen molar-refractivity contribution in [3.63, 3.8) is 0 Å². The highest BCUT2D eigenvalue weighted by molar-refractivity contribution is 5.96. The third-order valence-corrected chi connectivity index (χ3v) is 8.12. The Bertz CT molecular complexity index is 1720. The topological polar surface area (TPSA) is 97.8 Å². The molecule has 9 heteroatoms. The Labute approximate surface area is 244 Å². The van der Waals surface area contributed by atoms with Crippen molar-refractivity contribution in [3.8, 4) is 40.1 Å². The maximum Gasteiger partial charge on any atom is 0.337 e. The molecule has 3 aromatic carbocycles. The summed E-state index contributed by atoms with van der Waals surface area (Å²) in [6, 6.07) is 15.5. The molecule has 42 heavy (non-hydrogen) atoms. The van der Waals surface area contributed by atoms with Gasteiger partial charge in [0.1, 0.15) is 11.3 Å². The van der Waals surface area contributed by atoms with E-state index in [4.69, 9.17) is 33.3 Å². The van der Waals surface area contributed by atoms with Gasteiger partial charge in [0.05, 0.1) is 50.6 Å². The summed E-state index contributed by atoms with van der Waals surface area (Å²) >= 11 is 0. The van der Waals surface area contributed by atoms with E-state index in [2.05, 4.69) is 4.57 Å². The van der Waals surface area contributed by atoms with Crippen molar-refractivity contribution in [1.29, 1.82) is 0 Å². The first-order valence-corrected chi connectivity index (χ1v) is 14.4. The predicted octanol–water partition coefficient (Wildman–Crippen LogP) is 7.61. The molecule has 0 aliphatic heterocycles. The number of aromatic nitrogens is 3. The van der Waals surface area contributed by atoms with Gasteiger partial charge in [-0.25, -0.2) is 14.8 Å². The fraction of sp³-hybridized carbons (Fsp3) is 0.364. The van der Waals surface area contributed by atoms with E-state index >= 15 is 0 Å². The van der Waals surface area contributed by atoms with Gasteiger partial charge in [0.2, 0.25) is 11.6 Å². The first-order chi connectivity index (χ1) is 20.6. The van der Waals surface area contributed by atoms with Gasteiger partial charge in [0.15, 0.2) is 17.1 Å². The number of para-hydroxylation sites is 1. The van der Waals surface area contributed by atoms with Crippen LogP contribution in [0.25, 0.3) is 45.0 Å². The molecule has 0 bridgehead atoms. The van der Waals surface area contributed by atoms with Gasteiger partial charge in [-0.3, -0.25) is 0 Å². The van der Waals surface area contributed by atoms with Crippen molar-refractivity contribution >= 4 is 28.1 Å². The third kappa shape index (κ3) is 4.93. The molecule has 2 aromatic heterocycles. The van der Waals surface area contributed by atoms with E-state index < -0.39 is 0 Å². The molecule has 0 N–H and O–H groups in total. The van der Waals surface area contributed by atoms with Crippen LogP contribution in [0.3, 0.4) is 0 Å². The fourth-order valence-electron chi connectivity index (χ4n) is 6.05. The number of ether oxygens (including phenoxy) is 4. The van der Waals surface area contributed by atoms with Crippen molar-refractivity contribution in [2.24, 2.45) is 0 Å². The Kier molecular flexibility index (Phi) is 7.73. The minimum atomic E-state index is -0.383. The molecule has 2 heterocycles. The molecule has 5 aromatic rings. The zero-order valence-corrected chi connectivity index (χ0v) is 24.4. The monoisotopic (exact) mass is 569 g/mol. The largest absolute Gasteiger partial charge is 0.493 e. The molecule has 9 nitrogen and oxygen atoms in total. The summed E-state index contributed by atoms with van der Waals surface area (Å²) in [7, 11) is 6.12. The van der Waals surface area contributed by atoms with E-state index in [1.54, 1.807) is 21.3 Å². The van der Waals surface area contributed by atoms with E-state index in [-0.39, 0.29) is 12.0 Å². The number of methoxy groups -OCH3 is 4. The Morgan fingerprint density at radius 1 is 0.833 bits per heavy atom. The molecule has 1 fully saturated rings. The summed E-state index contributed by atoms with van der Waals surface area (Å²) in [6.07, 6.45) is 8.24. The summed E-state index contributed by atoms with van der Waals surface area (Å²) in [4.78, 5) is 22.3. The van der Waals surface area contributed by atoms with Crippen LogP contribution in [0.4, 0.5) is 0 Å². The number of oxazole rings is 1. The lowest BCUT2D eigenvalue weighted by atomic mass is 9.96. The van der Waals surface area contributed by atoms with E-state index in [1.165, 1.54) is 39.2 Å². The van der Waals surface area contributed by atoms with Crippen LogP contribution in [0.2, 0.25) is 0 Å². The summed E-state index contributed by atoms with van der Waals surface area (Å²) in [5, 5.41) is 0. The summed E-state index contributed by atoms with van der Waals surface area (Å²) in [6.45, 7) is 0. The van der Waals surface area contributed by atoms with Crippen LogP contribution in [0.5, 0.6) is 17.2 Å². The predicted molar refractivity (Wildman–Crippen MR) is 161 cm³/mol. The summed E-state index contributed by atoms with van der Waals surface area (Å²) in [5.41, 5.74) is 5.10. The maximum atomic E-state index is 12.3. The number of imidazole rings is 1. The van der Waals surface area contributed by atoms with Crippen molar-refractivity contribution in [1.82, 2.24) is 14.5 Å². The number of esters is 1. The average Bonchev–Trinajstić information content (AvgIpc) is 3.61. The zero-order valence-electron chi connectivity index (χ0n) is 24.4. The van der Waals surface area contributed by atoms with Crippen molar-refractivity contribution in [2.75, 3.05) is 28.4 Å². The first kappa shape index (κ1) is 27.6. The molecule has 0 atom stereocenters. The minimum absolute atomic E-state index is 0.280. The second-order valence-corrected chi connectivity index (χ2v) is 10.6. The van der Waals surface area contributed by atoms with Gasteiger partial charge >= 0.3 is 5.97 Å². The Morgan fingerprint density at radius 2 is 1.55 bits per heavy atom. The van der Waals surface area contributed by atoms with Crippen LogP contribution in [0, 0.1) is 0 Å². The maximum absolute atomic E-state index is 12.3. The van der Waals surface area contributed by atoms with E-state index in [1.807, 2.05) is 48.5 Å². The lowest BCUT2D eigenvalue weighted by Gasteiger charge is -2.24. The number of hydrogen-bond donors (Lipinski definition) is 0. The summed E-state index contributed by atoms with van der Waals surface area (Å²) < 4.78 is 30.4. The Balaban J connectivity index is 1.53. The van der Waals surface area contributed by atoms with Crippen molar-refractivity contribution < 1.29 is 28.2 Å². The molecule has 1 aliphatic rings. The molecule has 0 amide bonds. The van der Waals surface area contributed by atoms with E-state index in [9.17, 15) is 4.79 Å². The third-order valence-electron chi connectivity index (χ3n) is 8.12. The molecule has 0 spiro atoms. The van der Waals surface area contributed by atoms with E-state index in [0.717, 1.165) is 35.3 Å². The highest BCUT2D eigenvalue weighted by atomic mass is 16.5. The van der Waals surface area contributed by atoms with Gasteiger partial charge in [0.25, 0.3) is 0 Å². The standard InChI is InChI=1S/C33H35N3O6/c1-38-27-18-21(19-28(39-2)30(27)40-3)32-35-24-14-10-13-23(29(24)42-32)31-34-25-17-20(33(37)41-4)15-16-26(25)36(31)22-11-8-6-5-7-9-12-22/h10,13-19,22H,5-9,11-12H2,1-4H3. The highest BCUT2D eigenvalue weighted by Crippen LogP contribution is 2.43. The van der Waals surface area contributed by atoms with Gasteiger partial charge in [-0.1, -0.05) is 38.2 Å². The fourth-order valence-corrected chi connectivity index (χ4v) is 6.05. The Morgan fingerprint density at radius 3 is 2.21 bits per heavy atom. The van der Waals surface area contributed by atoms with Crippen LogP contribution < -0.4 is 14.2 Å². The molecule has 0 saturated heterocycles. The van der Waals surface area contributed by atoms with Crippen molar-refractivity contribution in [2.45, 2.75) is 51.0 Å². The molecule has 0 radical (unpaired) electrons. The molecule has 1 saturated carbocycles. The molecular formula is C33H35N3O6. The van der Waals surface area contributed by atoms with Crippen LogP contribution in [0.1, 0.15) is 61.3 Å². The van der Waals surface area contributed by atoms with Gasteiger partial charge < -0.3 is 27.9 Å². The summed E-state index contributed by atoms with van der Waals surface area (Å²) in [5.74, 6) is 2.38. The van der Waals surface area contributed by atoms with E-state index in [0.29, 0.717) is 45.4 Å². The number of nitrogens with zero attached hydrogens (tertiary/aromatic N) is 3.